The van der Waals surface area contributed by atoms with Crippen molar-refractivity contribution >= 4 is 44.3 Å². The van der Waals surface area contributed by atoms with Gasteiger partial charge in [0.25, 0.3) is 11.8 Å². The molecular weight excluding hydrogens is 504 g/mol. The predicted octanol–water partition coefficient (Wildman–Crippen LogP) is 3.64. The number of rotatable bonds is 7. The predicted molar refractivity (Wildman–Crippen MR) is 143 cm³/mol. The summed E-state index contributed by atoms with van der Waals surface area (Å²) >= 11 is 0. The topological polar surface area (TPSA) is 126 Å². The Bertz CT molecular complexity index is 1680. The van der Waals surface area contributed by atoms with E-state index in [4.69, 9.17) is 0 Å². The lowest BCUT2D eigenvalue weighted by Gasteiger charge is -2.25. The lowest BCUT2D eigenvalue weighted by Crippen LogP contribution is -2.48. The molecule has 1 atom stereocenters. The van der Waals surface area contributed by atoms with Gasteiger partial charge in [-0.05, 0) is 49.2 Å². The van der Waals surface area contributed by atoms with Crippen LogP contribution in [0.2, 0.25) is 0 Å². The molecule has 4 aromatic rings. The number of amides is 3. The van der Waals surface area contributed by atoms with E-state index in [9.17, 15) is 22.8 Å². The summed E-state index contributed by atoms with van der Waals surface area (Å²) in [5, 5.41) is 2.81. The molecule has 0 bridgehead atoms. The fraction of sp³-hybridized carbons (Fsp3) is 0.179. The number of hydrogen-bond donors (Lipinski definition) is 1. The summed E-state index contributed by atoms with van der Waals surface area (Å²) in [5.41, 5.74) is 4.34. The van der Waals surface area contributed by atoms with Gasteiger partial charge in [-0.25, -0.2) is 13.4 Å². The Labute approximate surface area is 219 Å². The molecule has 192 valence electrons. The Morgan fingerprint density at radius 1 is 0.947 bits per heavy atom. The first kappa shape index (κ1) is 25.2. The van der Waals surface area contributed by atoms with E-state index in [1.54, 1.807) is 31.3 Å². The van der Waals surface area contributed by atoms with E-state index in [1.807, 2.05) is 36.4 Å². The fourth-order valence-electron chi connectivity index (χ4n) is 4.42. The molecule has 5 rings (SSSR count). The molecule has 38 heavy (non-hydrogen) atoms. The van der Waals surface area contributed by atoms with Crippen LogP contribution in [0.25, 0.3) is 22.3 Å². The molecule has 1 aliphatic rings. The Morgan fingerprint density at radius 3 is 2.24 bits per heavy atom. The molecule has 3 amide bonds. The van der Waals surface area contributed by atoms with Gasteiger partial charge >= 0.3 is 0 Å². The van der Waals surface area contributed by atoms with E-state index >= 15 is 0 Å². The number of anilines is 1. The van der Waals surface area contributed by atoms with Gasteiger partial charge in [0, 0.05) is 17.5 Å². The minimum Gasteiger partial charge on any atom is -0.324 e. The van der Waals surface area contributed by atoms with Crippen LogP contribution < -0.4 is 5.32 Å². The zero-order chi connectivity index (χ0) is 27.0. The van der Waals surface area contributed by atoms with E-state index in [1.165, 1.54) is 12.1 Å². The molecule has 1 aromatic heterocycles. The highest BCUT2D eigenvalue weighted by molar-refractivity contribution is 7.90. The van der Waals surface area contributed by atoms with Crippen LogP contribution >= 0.6 is 0 Å². The van der Waals surface area contributed by atoms with Crippen LogP contribution in [0, 0.1) is 6.92 Å². The molecule has 0 saturated heterocycles. The van der Waals surface area contributed by atoms with Crippen LogP contribution in [-0.2, 0) is 14.6 Å². The first-order valence-electron chi connectivity index (χ1n) is 11.9. The highest BCUT2D eigenvalue weighted by Gasteiger charge is 2.42. The van der Waals surface area contributed by atoms with Gasteiger partial charge in [-0.2, -0.15) is 0 Å². The second-order valence-electron chi connectivity index (χ2n) is 9.22. The van der Waals surface area contributed by atoms with Crippen molar-refractivity contribution in [2.24, 2.45) is 0 Å². The van der Waals surface area contributed by atoms with Gasteiger partial charge in [-0.1, -0.05) is 36.4 Å². The van der Waals surface area contributed by atoms with Crippen molar-refractivity contribution in [3.8, 4) is 11.3 Å². The van der Waals surface area contributed by atoms with Gasteiger partial charge in [-0.15, -0.1) is 0 Å². The molecule has 10 heteroatoms. The Morgan fingerprint density at radius 2 is 1.58 bits per heavy atom. The summed E-state index contributed by atoms with van der Waals surface area (Å²) in [5.74, 6) is -2.29. The van der Waals surface area contributed by atoms with Gasteiger partial charge in [0.15, 0.2) is 0 Å². The average Bonchev–Trinajstić information content (AvgIpc) is 3.14. The van der Waals surface area contributed by atoms with Crippen LogP contribution in [-0.4, -0.2) is 59.1 Å². The molecule has 0 spiro atoms. The van der Waals surface area contributed by atoms with Crippen molar-refractivity contribution in [3.05, 3.63) is 89.6 Å². The van der Waals surface area contributed by atoms with Crippen LogP contribution in [0.4, 0.5) is 5.69 Å². The monoisotopic (exact) mass is 528 g/mol. The second kappa shape index (κ2) is 9.79. The lowest BCUT2D eigenvalue weighted by molar-refractivity contribution is -0.120. The summed E-state index contributed by atoms with van der Waals surface area (Å²) in [7, 11) is -3.47. The molecule has 1 aliphatic heterocycles. The molecule has 1 N–H and O–H groups in total. The van der Waals surface area contributed by atoms with Crippen LogP contribution in [0.15, 0.2) is 72.9 Å². The zero-order valence-electron chi connectivity index (χ0n) is 20.7. The molecule has 3 aromatic carbocycles. The van der Waals surface area contributed by atoms with Gasteiger partial charge in [0.05, 0.1) is 39.8 Å². The van der Waals surface area contributed by atoms with Crippen molar-refractivity contribution in [2.45, 2.75) is 19.4 Å². The van der Waals surface area contributed by atoms with Crippen LogP contribution in [0.3, 0.4) is 0 Å². The molecule has 0 aliphatic carbocycles. The number of para-hydroxylation sites is 2. The fourth-order valence-corrected chi connectivity index (χ4v) is 5.07. The Kier molecular flexibility index (Phi) is 6.50. The number of hydrogen-bond acceptors (Lipinski definition) is 7. The zero-order valence-corrected chi connectivity index (χ0v) is 21.5. The number of nitrogens with one attached hydrogen (secondary N) is 1. The van der Waals surface area contributed by atoms with Crippen LogP contribution in [0.5, 0.6) is 0 Å². The number of carbonyl (C=O) groups excluding carboxylic acids is 3. The first-order chi connectivity index (χ1) is 18.1. The van der Waals surface area contributed by atoms with E-state index in [0.717, 1.165) is 27.8 Å². The summed E-state index contributed by atoms with van der Waals surface area (Å²) in [6.45, 7) is 1.80. The third-order valence-electron chi connectivity index (χ3n) is 6.44. The summed E-state index contributed by atoms with van der Waals surface area (Å²) < 4.78 is 23.9. The second-order valence-corrected chi connectivity index (χ2v) is 11.5. The number of sulfone groups is 1. The number of fused-ring (bicyclic) bond motifs is 2. The maximum atomic E-state index is 13.6. The summed E-state index contributed by atoms with van der Waals surface area (Å²) in [6.07, 6.45) is 2.46. The van der Waals surface area contributed by atoms with Gasteiger partial charge in [0.2, 0.25) is 5.91 Å². The number of imide groups is 1. The van der Waals surface area contributed by atoms with Crippen LogP contribution in [0.1, 0.15) is 32.7 Å². The Balaban J connectivity index is 1.47. The first-order valence-corrected chi connectivity index (χ1v) is 14.0. The lowest BCUT2D eigenvalue weighted by atomic mass is 10.1. The number of aromatic nitrogens is 2. The number of aryl methyl sites for hydroxylation is 1. The molecule has 0 radical (unpaired) electrons. The molecule has 0 fully saturated rings. The number of nitrogens with zero attached hydrogens (tertiary/aromatic N) is 3. The van der Waals surface area contributed by atoms with Crippen molar-refractivity contribution in [1.29, 1.82) is 0 Å². The highest BCUT2D eigenvalue weighted by atomic mass is 32.2. The van der Waals surface area contributed by atoms with Gasteiger partial charge in [-0.3, -0.25) is 24.3 Å². The van der Waals surface area contributed by atoms with Crippen molar-refractivity contribution in [1.82, 2.24) is 14.9 Å². The minimum atomic E-state index is -3.47. The molecule has 1 unspecified atom stereocenters. The van der Waals surface area contributed by atoms with E-state index < -0.39 is 33.6 Å². The normalized spacial score (nSPS) is 14.0. The maximum Gasteiger partial charge on any atom is 0.262 e. The van der Waals surface area contributed by atoms with E-state index in [0.29, 0.717) is 16.9 Å². The summed E-state index contributed by atoms with van der Waals surface area (Å²) in [4.78, 5) is 49.7. The maximum absolute atomic E-state index is 13.6. The van der Waals surface area contributed by atoms with Crippen molar-refractivity contribution < 1.29 is 22.8 Å². The van der Waals surface area contributed by atoms with Crippen molar-refractivity contribution in [3.63, 3.8) is 0 Å². The molecule has 2 heterocycles. The van der Waals surface area contributed by atoms with E-state index in [2.05, 4.69) is 15.3 Å². The highest BCUT2D eigenvalue weighted by Crippen LogP contribution is 2.29. The largest absolute Gasteiger partial charge is 0.324 e. The Hall–Kier alpha value is -4.44. The van der Waals surface area contributed by atoms with Crippen molar-refractivity contribution in [2.75, 3.05) is 17.3 Å². The standard InChI is InChI=1S/C28H24N4O5S/c1-17-11-12-18(24-16-29-21-9-5-6-10-22(21)30-24)15-23(17)31-26(33)25(13-14-38(2,36)37)32-27(34)19-7-3-4-8-20(19)28(32)35/h3-12,15-16,25H,13-14H2,1-2H3,(H,31,33). The number of carbonyl (C=O) groups is 3. The third-order valence-corrected chi connectivity index (χ3v) is 7.42. The molecular formula is C28H24N4O5S. The van der Waals surface area contributed by atoms with E-state index in [-0.39, 0.29) is 23.3 Å². The van der Waals surface area contributed by atoms with Gasteiger partial charge in [0.1, 0.15) is 15.9 Å². The smallest absolute Gasteiger partial charge is 0.262 e. The average molecular weight is 529 g/mol. The van der Waals surface area contributed by atoms with Gasteiger partial charge < -0.3 is 5.32 Å². The summed E-state index contributed by atoms with van der Waals surface area (Å²) in [6, 6.07) is 17.8. The quantitative estimate of drug-likeness (QED) is 0.363. The number of benzene rings is 3. The SMILES string of the molecule is Cc1ccc(-c2cnc3ccccc3n2)cc1NC(=O)C(CCS(C)(=O)=O)N1C(=O)c2ccccc2C1=O. The third kappa shape index (κ3) is 4.90. The molecule has 0 saturated carbocycles. The molecule has 9 nitrogen and oxygen atoms in total. The minimum absolute atomic E-state index is 0.183.